The average Bonchev–Trinajstić information content (AvgIpc) is 2.16. The van der Waals surface area contributed by atoms with Gasteiger partial charge in [-0.05, 0) is 32.2 Å². The monoisotopic (exact) mass is 171 g/mol. The highest BCUT2D eigenvalue weighted by atomic mass is 16.5. The summed E-state index contributed by atoms with van der Waals surface area (Å²) in [4.78, 5) is 0. The molecule has 0 aliphatic heterocycles. The lowest BCUT2D eigenvalue weighted by Gasteiger charge is -2.34. The molecule has 0 aromatic rings. The van der Waals surface area contributed by atoms with E-state index < -0.39 is 0 Å². The van der Waals surface area contributed by atoms with E-state index in [1.54, 1.807) is 0 Å². The molecule has 72 valence electrons. The van der Waals surface area contributed by atoms with Gasteiger partial charge in [0.1, 0.15) is 0 Å². The van der Waals surface area contributed by atoms with Crippen molar-refractivity contribution in [3.05, 3.63) is 0 Å². The van der Waals surface area contributed by atoms with Crippen molar-refractivity contribution in [2.75, 3.05) is 14.2 Å². The SMILES string of the molecule is CCC1CCC(NC)C(OC)C1. The molecule has 1 fully saturated rings. The lowest BCUT2D eigenvalue weighted by atomic mass is 9.82. The van der Waals surface area contributed by atoms with Crippen molar-refractivity contribution in [3.8, 4) is 0 Å². The standard InChI is InChI=1S/C10H21NO/c1-4-8-5-6-9(11-2)10(7-8)12-3/h8-11H,4-7H2,1-3H3. The molecule has 3 unspecified atom stereocenters. The van der Waals surface area contributed by atoms with Crippen molar-refractivity contribution in [2.45, 2.75) is 44.8 Å². The minimum atomic E-state index is 0.439. The fraction of sp³-hybridized carbons (Fsp3) is 1.00. The van der Waals surface area contributed by atoms with Gasteiger partial charge in [-0.1, -0.05) is 13.3 Å². The van der Waals surface area contributed by atoms with Gasteiger partial charge < -0.3 is 10.1 Å². The fourth-order valence-corrected chi connectivity index (χ4v) is 2.17. The van der Waals surface area contributed by atoms with E-state index in [2.05, 4.69) is 12.2 Å². The molecule has 2 nitrogen and oxygen atoms in total. The summed E-state index contributed by atoms with van der Waals surface area (Å²) in [5.41, 5.74) is 0. The minimum Gasteiger partial charge on any atom is -0.380 e. The molecule has 0 amide bonds. The van der Waals surface area contributed by atoms with Crippen LogP contribution in [0.2, 0.25) is 0 Å². The van der Waals surface area contributed by atoms with Crippen LogP contribution >= 0.6 is 0 Å². The Morgan fingerprint density at radius 1 is 1.42 bits per heavy atom. The number of nitrogens with one attached hydrogen (secondary N) is 1. The fourth-order valence-electron chi connectivity index (χ4n) is 2.17. The molecular formula is C10H21NO. The maximum absolute atomic E-state index is 5.46. The Hall–Kier alpha value is -0.0800. The largest absolute Gasteiger partial charge is 0.380 e. The van der Waals surface area contributed by atoms with Crippen LogP contribution in [-0.4, -0.2) is 26.3 Å². The second-order valence-electron chi connectivity index (χ2n) is 3.76. The number of likely N-dealkylation sites (N-methyl/N-ethyl adjacent to an activating group) is 1. The van der Waals surface area contributed by atoms with Gasteiger partial charge in [-0.25, -0.2) is 0 Å². The van der Waals surface area contributed by atoms with E-state index in [0.29, 0.717) is 12.1 Å². The predicted molar refractivity (Wildman–Crippen MR) is 51.3 cm³/mol. The Bertz CT molecular complexity index is 127. The molecule has 1 saturated carbocycles. The zero-order valence-electron chi connectivity index (χ0n) is 8.47. The second-order valence-corrected chi connectivity index (χ2v) is 3.76. The highest BCUT2D eigenvalue weighted by molar-refractivity contribution is 4.84. The van der Waals surface area contributed by atoms with Gasteiger partial charge in [0, 0.05) is 13.2 Å². The average molecular weight is 171 g/mol. The Labute approximate surface area is 75.7 Å². The van der Waals surface area contributed by atoms with Crippen molar-refractivity contribution in [1.82, 2.24) is 5.32 Å². The van der Waals surface area contributed by atoms with E-state index in [-0.39, 0.29) is 0 Å². The number of rotatable bonds is 3. The summed E-state index contributed by atoms with van der Waals surface area (Å²) >= 11 is 0. The Morgan fingerprint density at radius 2 is 2.17 bits per heavy atom. The van der Waals surface area contributed by atoms with Crippen molar-refractivity contribution >= 4 is 0 Å². The highest BCUT2D eigenvalue weighted by Gasteiger charge is 2.28. The van der Waals surface area contributed by atoms with Gasteiger partial charge in [0.2, 0.25) is 0 Å². The van der Waals surface area contributed by atoms with Crippen LogP contribution in [0.4, 0.5) is 0 Å². The molecule has 2 heteroatoms. The summed E-state index contributed by atoms with van der Waals surface area (Å²) in [6, 6.07) is 0.581. The molecule has 12 heavy (non-hydrogen) atoms. The first-order valence-corrected chi connectivity index (χ1v) is 5.01. The van der Waals surface area contributed by atoms with E-state index in [4.69, 9.17) is 4.74 Å². The van der Waals surface area contributed by atoms with E-state index in [1.807, 2.05) is 14.2 Å². The normalized spacial score (nSPS) is 36.8. The third-order valence-electron chi connectivity index (χ3n) is 3.15. The summed E-state index contributed by atoms with van der Waals surface area (Å²) in [6.45, 7) is 2.27. The maximum Gasteiger partial charge on any atom is 0.0726 e. The van der Waals surface area contributed by atoms with E-state index in [0.717, 1.165) is 5.92 Å². The molecule has 1 aliphatic rings. The first kappa shape index (κ1) is 10.0. The van der Waals surface area contributed by atoms with E-state index >= 15 is 0 Å². The lowest BCUT2D eigenvalue weighted by molar-refractivity contribution is 0.0245. The molecule has 0 spiro atoms. The van der Waals surface area contributed by atoms with Crippen LogP contribution in [0.3, 0.4) is 0 Å². The summed E-state index contributed by atoms with van der Waals surface area (Å²) in [6.07, 6.45) is 5.61. The predicted octanol–water partition coefficient (Wildman–Crippen LogP) is 1.80. The molecule has 0 aromatic carbocycles. The van der Waals surface area contributed by atoms with Crippen LogP contribution in [-0.2, 0) is 4.74 Å². The quantitative estimate of drug-likeness (QED) is 0.699. The molecule has 3 atom stereocenters. The molecule has 0 aromatic heterocycles. The van der Waals surface area contributed by atoms with Crippen molar-refractivity contribution in [2.24, 2.45) is 5.92 Å². The van der Waals surface area contributed by atoms with Gasteiger partial charge in [0.25, 0.3) is 0 Å². The molecule has 0 saturated heterocycles. The number of hydrogen-bond acceptors (Lipinski definition) is 2. The lowest BCUT2D eigenvalue weighted by Crippen LogP contribution is -2.43. The number of methoxy groups -OCH3 is 1. The van der Waals surface area contributed by atoms with Crippen molar-refractivity contribution in [1.29, 1.82) is 0 Å². The Morgan fingerprint density at radius 3 is 2.67 bits per heavy atom. The Balaban J connectivity index is 2.41. The Kier molecular flexibility index (Phi) is 4.02. The van der Waals surface area contributed by atoms with Gasteiger partial charge in [0.05, 0.1) is 6.10 Å². The van der Waals surface area contributed by atoms with Gasteiger partial charge >= 0.3 is 0 Å². The second kappa shape index (κ2) is 4.83. The molecule has 0 radical (unpaired) electrons. The summed E-state index contributed by atoms with van der Waals surface area (Å²) in [7, 11) is 3.86. The first-order chi connectivity index (χ1) is 5.81. The van der Waals surface area contributed by atoms with Gasteiger partial charge in [0.15, 0.2) is 0 Å². The molecule has 0 bridgehead atoms. The van der Waals surface area contributed by atoms with Gasteiger partial charge in [-0.15, -0.1) is 0 Å². The molecule has 1 N–H and O–H groups in total. The minimum absolute atomic E-state index is 0.439. The van der Waals surface area contributed by atoms with Crippen LogP contribution in [0.5, 0.6) is 0 Å². The number of hydrogen-bond donors (Lipinski definition) is 1. The zero-order chi connectivity index (χ0) is 8.97. The first-order valence-electron chi connectivity index (χ1n) is 5.01. The summed E-state index contributed by atoms with van der Waals surface area (Å²) in [5.74, 6) is 0.888. The van der Waals surface area contributed by atoms with Crippen LogP contribution < -0.4 is 5.32 Å². The van der Waals surface area contributed by atoms with E-state index in [1.165, 1.54) is 25.7 Å². The molecule has 1 aliphatic carbocycles. The summed E-state index contributed by atoms with van der Waals surface area (Å²) < 4.78 is 5.46. The highest BCUT2D eigenvalue weighted by Crippen LogP contribution is 2.28. The van der Waals surface area contributed by atoms with Crippen LogP contribution in [0.1, 0.15) is 32.6 Å². The molecular weight excluding hydrogens is 150 g/mol. The summed E-state index contributed by atoms with van der Waals surface area (Å²) in [5, 5.41) is 3.32. The van der Waals surface area contributed by atoms with E-state index in [9.17, 15) is 0 Å². The third-order valence-corrected chi connectivity index (χ3v) is 3.15. The molecule has 1 rings (SSSR count). The van der Waals surface area contributed by atoms with Gasteiger partial charge in [-0.3, -0.25) is 0 Å². The zero-order valence-corrected chi connectivity index (χ0v) is 8.47. The van der Waals surface area contributed by atoms with Crippen LogP contribution in [0.15, 0.2) is 0 Å². The van der Waals surface area contributed by atoms with Crippen molar-refractivity contribution in [3.63, 3.8) is 0 Å². The van der Waals surface area contributed by atoms with Crippen LogP contribution in [0.25, 0.3) is 0 Å². The van der Waals surface area contributed by atoms with Crippen molar-refractivity contribution < 1.29 is 4.74 Å². The smallest absolute Gasteiger partial charge is 0.0726 e. The topological polar surface area (TPSA) is 21.3 Å². The maximum atomic E-state index is 5.46. The van der Waals surface area contributed by atoms with Gasteiger partial charge in [-0.2, -0.15) is 0 Å². The number of ether oxygens (including phenoxy) is 1. The molecule has 0 heterocycles. The van der Waals surface area contributed by atoms with Crippen LogP contribution in [0, 0.1) is 5.92 Å². The third kappa shape index (κ3) is 2.20.